The zero-order valence-electron chi connectivity index (χ0n) is 19.0. The Labute approximate surface area is 193 Å². The molecule has 0 aliphatic carbocycles. The summed E-state index contributed by atoms with van der Waals surface area (Å²) in [5, 5.41) is 11.4. The molecular formula is C24H29N5O4. The standard InChI is InChI=1S/C24H29N5O4/c1-16-13-27(14-17(2)33-16)24(30)20-12-18-11-19(29(31)32)6-7-21(18)28-10-9-26(15-22(20)28)23-5-3-4-8-25-23/h3-8,11,16-17,20,22H,9-10,12-15H2,1-2H3/t16-,17+,20-,22+/m1/s1. The number of ether oxygens (including phenoxy) is 1. The van der Waals surface area contributed by atoms with Crippen LogP contribution in [0.1, 0.15) is 19.4 Å². The van der Waals surface area contributed by atoms with E-state index in [1.807, 2.05) is 43.0 Å². The Bertz CT molecular complexity index is 1040. The number of piperazine rings is 1. The van der Waals surface area contributed by atoms with Crippen molar-refractivity contribution in [2.45, 2.75) is 38.5 Å². The van der Waals surface area contributed by atoms with E-state index < -0.39 is 0 Å². The molecule has 3 aliphatic rings. The molecule has 1 aromatic heterocycles. The summed E-state index contributed by atoms with van der Waals surface area (Å²) >= 11 is 0. The van der Waals surface area contributed by atoms with Gasteiger partial charge in [0.1, 0.15) is 5.82 Å². The summed E-state index contributed by atoms with van der Waals surface area (Å²) in [6, 6.07) is 10.9. The Balaban J connectivity index is 1.49. The number of nitro groups is 1. The van der Waals surface area contributed by atoms with Crippen LogP contribution in [-0.4, -0.2) is 71.7 Å². The van der Waals surface area contributed by atoms with Crippen LogP contribution in [0.3, 0.4) is 0 Å². The molecule has 5 rings (SSSR count). The first-order valence-electron chi connectivity index (χ1n) is 11.5. The maximum Gasteiger partial charge on any atom is 0.269 e. The van der Waals surface area contributed by atoms with E-state index in [1.54, 1.807) is 18.3 Å². The van der Waals surface area contributed by atoms with Gasteiger partial charge in [-0.15, -0.1) is 0 Å². The predicted molar refractivity (Wildman–Crippen MR) is 124 cm³/mol. The Kier molecular flexibility index (Phi) is 5.65. The van der Waals surface area contributed by atoms with Gasteiger partial charge in [0.2, 0.25) is 5.91 Å². The average molecular weight is 452 g/mol. The molecule has 0 radical (unpaired) electrons. The monoisotopic (exact) mass is 451 g/mol. The van der Waals surface area contributed by atoms with Crippen LogP contribution < -0.4 is 9.80 Å². The van der Waals surface area contributed by atoms with Crippen molar-refractivity contribution in [1.82, 2.24) is 9.88 Å². The van der Waals surface area contributed by atoms with Crippen LogP contribution in [0.4, 0.5) is 17.2 Å². The van der Waals surface area contributed by atoms with E-state index in [0.717, 1.165) is 30.2 Å². The molecule has 2 saturated heterocycles. The van der Waals surface area contributed by atoms with Gasteiger partial charge in [0, 0.05) is 56.7 Å². The van der Waals surface area contributed by atoms with Gasteiger partial charge in [-0.05, 0) is 44.0 Å². The van der Waals surface area contributed by atoms with Gasteiger partial charge in [-0.1, -0.05) is 6.07 Å². The van der Waals surface area contributed by atoms with E-state index in [0.29, 0.717) is 26.1 Å². The van der Waals surface area contributed by atoms with Crippen molar-refractivity contribution < 1.29 is 14.5 Å². The first-order chi connectivity index (χ1) is 15.9. The smallest absolute Gasteiger partial charge is 0.269 e. The highest BCUT2D eigenvalue weighted by atomic mass is 16.6. The first kappa shape index (κ1) is 21.6. The zero-order valence-corrected chi connectivity index (χ0v) is 19.0. The number of nitrogens with zero attached hydrogens (tertiary/aromatic N) is 5. The first-order valence-corrected chi connectivity index (χ1v) is 11.5. The second-order valence-corrected chi connectivity index (χ2v) is 9.28. The number of benzene rings is 1. The molecule has 2 aromatic rings. The summed E-state index contributed by atoms with van der Waals surface area (Å²) in [7, 11) is 0. The molecular weight excluding hydrogens is 422 g/mol. The van der Waals surface area contributed by atoms with Crippen LogP contribution in [-0.2, 0) is 16.0 Å². The van der Waals surface area contributed by atoms with Crippen molar-refractivity contribution in [3.8, 4) is 0 Å². The number of aromatic nitrogens is 1. The Morgan fingerprint density at radius 1 is 1.12 bits per heavy atom. The van der Waals surface area contributed by atoms with Crippen molar-refractivity contribution in [1.29, 1.82) is 0 Å². The number of non-ortho nitro benzene ring substituents is 1. The molecule has 0 unspecified atom stereocenters. The normalized spacial score (nSPS) is 27.0. The zero-order chi connectivity index (χ0) is 23.1. The van der Waals surface area contributed by atoms with Crippen LogP contribution in [0.15, 0.2) is 42.6 Å². The van der Waals surface area contributed by atoms with Gasteiger partial charge in [-0.3, -0.25) is 14.9 Å². The van der Waals surface area contributed by atoms with Crippen molar-refractivity contribution in [2.75, 3.05) is 42.5 Å². The highest BCUT2D eigenvalue weighted by molar-refractivity contribution is 5.83. The second-order valence-electron chi connectivity index (χ2n) is 9.28. The third-order valence-corrected chi connectivity index (χ3v) is 6.93. The lowest BCUT2D eigenvalue weighted by molar-refractivity contribution is -0.384. The van der Waals surface area contributed by atoms with Gasteiger partial charge in [-0.2, -0.15) is 0 Å². The number of fused-ring (bicyclic) bond motifs is 3. The lowest BCUT2D eigenvalue weighted by Crippen LogP contribution is -2.62. The molecule has 0 saturated carbocycles. The van der Waals surface area contributed by atoms with Crippen molar-refractivity contribution >= 4 is 23.1 Å². The number of anilines is 2. The fourth-order valence-corrected chi connectivity index (χ4v) is 5.55. The molecule has 4 heterocycles. The number of pyridine rings is 1. The number of amides is 1. The highest BCUT2D eigenvalue weighted by Gasteiger charge is 2.44. The molecule has 9 heteroatoms. The fraction of sp³-hybridized carbons (Fsp3) is 0.500. The minimum absolute atomic E-state index is 0.0119. The summed E-state index contributed by atoms with van der Waals surface area (Å²) < 4.78 is 5.84. The third-order valence-electron chi connectivity index (χ3n) is 6.93. The van der Waals surface area contributed by atoms with Gasteiger partial charge in [0.05, 0.1) is 29.1 Å². The molecule has 0 bridgehead atoms. The van der Waals surface area contributed by atoms with E-state index in [-0.39, 0.29) is 40.7 Å². The number of morpholine rings is 1. The Morgan fingerprint density at radius 3 is 2.61 bits per heavy atom. The summed E-state index contributed by atoms with van der Waals surface area (Å²) in [4.78, 5) is 35.8. The van der Waals surface area contributed by atoms with Crippen LogP contribution in [0, 0.1) is 16.0 Å². The molecule has 33 heavy (non-hydrogen) atoms. The average Bonchev–Trinajstić information content (AvgIpc) is 2.82. The van der Waals surface area contributed by atoms with E-state index in [4.69, 9.17) is 4.74 Å². The molecule has 1 amide bonds. The Hall–Kier alpha value is -3.20. The van der Waals surface area contributed by atoms with Crippen molar-refractivity contribution in [3.63, 3.8) is 0 Å². The minimum Gasteiger partial charge on any atom is -0.372 e. The van der Waals surface area contributed by atoms with Gasteiger partial charge in [-0.25, -0.2) is 4.98 Å². The second kappa shape index (κ2) is 8.62. The number of carbonyl (C=O) groups excluding carboxylic acids is 1. The number of rotatable bonds is 3. The fourth-order valence-electron chi connectivity index (χ4n) is 5.55. The maximum atomic E-state index is 13.8. The highest BCUT2D eigenvalue weighted by Crippen LogP contribution is 2.39. The maximum absolute atomic E-state index is 13.8. The SMILES string of the molecule is C[C@@H]1CN(C(=O)[C@@H]2Cc3cc([N+](=O)[O-])ccc3N3CCN(c4ccccn4)C[C@@H]23)C[C@H](C)O1. The summed E-state index contributed by atoms with van der Waals surface area (Å²) in [6.07, 6.45) is 2.26. The lowest BCUT2D eigenvalue weighted by Gasteiger charge is -2.50. The van der Waals surface area contributed by atoms with Crippen LogP contribution in [0.25, 0.3) is 0 Å². The minimum atomic E-state index is -0.368. The molecule has 1 aromatic carbocycles. The number of hydrogen-bond donors (Lipinski definition) is 0. The number of carbonyl (C=O) groups is 1. The number of hydrogen-bond acceptors (Lipinski definition) is 7. The van der Waals surface area contributed by atoms with Gasteiger partial charge in [0.25, 0.3) is 5.69 Å². The van der Waals surface area contributed by atoms with Gasteiger partial charge < -0.3 is 19.4 Å². The molecule has 0 spiro atoms. The van der Waals surface area contributed by atoms with E-state index in [2.05, 4.69) is 14.8 Å². The van der Waals surface area contributed by atoms with Gasteiger partial charge >= 0.3 is 0 Å². The predicted octanol–water partition coefficient (Wildman–Crippen LogP) is 2.49. The number of nitro benzene ring substituents is 1. The molecule has 3 aliphatic heterocycles. The van der Waals surface area contributed by atoms with Gasteiger partial charge in [0.15, 0.2) is 0 Å². The van der Waals surface area contributed by atoms with E-state index >= 15 is 0 Å². The van der Waals surface area contributed by atoms with Crippen molar-refractivity contribution in [3.05, 3.63) is 58.3 Å². The topological polar surface area (TPSA) is 92.0 Å². The van der Waals surface area contributed by atoms with Crippen LogP contribution >= 0.6 is 0 Å². The summed E-state index contributed by atoms with van der Waals surface area (Å²) in [6.45, 7) is 7.30. The Morgan fingerprint density at radius 2 is 1.91 bits per heavy atom. The summed E-state index contributed by atoms with van der Waals surface area (Å²) in [5.74, 6) is 0.724. The summed E-state index contributed by atoms with van der Waals surface area (Å²) in [5.41, 5.74) is 1.94. The van der Waals surface area contributed by atoms with Crippen LogP contribution in [0.5, 0.6) is 0 Å². The third kappa shape index (κ3) is 4.13. The molecule has 9 nitrogen and oxygen atoms in total. The largest absolute Gasteiger partial charge is 0.372 e. The molecule has 4 atom stereocenters. The van der Waals surface area contributed by atoms with E-state index in [9.17, 15) is 14.9 Å². The van der Waals surface area contributed by atoms with E-state index in [1.165, 1.54) is 0 Å². The molecule has 174 valence electrons. The molecule has 0 N–H and O–H groups in total. The molecule has 2 fully saturated rings. The lowest BCUT2D eigenvalue weighted by atomic mass is 9.82. The van der Waals surface area contributed by atoms with Crippen molar-refractivity contribution in [2.24, 2.45) is 5.92 Å². The quantitative estimate of drug-likeness (QED) is 0.523. The van der Waals surface area contributed by atoms with Crippen LogP contribution in [0.2, 0.25) is 0 Å².